The molecule has 1 heterocycles. The molecule has 0 radical (unpaired) electrons. The van der Waals surface area contributed by atoms with Gasteiger partial charge in [-0.25, -0.2) is 0 Å². The third-order valence-corrected chi connectivity index (χ3v) is 5.19. The second-order valence-corrected chi connectivity index (χ2v) is 7.19. The molecule has 0 aliphatic carbocycles. The van der Waals surface area contributed by atoms with Gasteiger partial charge in [-0.05, 0) is 31.2 Å². The van der Waals surface area contributed by atoms with Crippen LogP contribution in [0.25, 0.3) is 0 Å². The molecule has 0 bridgehead atoms. The minimum atomic E-state index is -4.65. The Bertz CT molecular complexity index is 635. The molecule has 2 rings (SSSR count). The second kappa shape index (κ2) is 7.55. The van der Waals surface area contributed by atoms with E-state index in [1.165, 1.54) is 18.9 Å². The van der Waals surface area contributed by atoms with Crippen LogP contribution in [-0.2, 0) is 9.59 Å². The van der Waals surface area contributed by atoms with Crippen LogP contribution >= 0.6 is 11.8 Å². The number of alkyl halides is 3. The van der Waals surface area contributed by atoms with Gasteiger partial charge in [0.2, 0.25) is 5.91 Å². The maximum absolute atomic E-state index is 13.0. The van der Waals surface area contributed by atoms with Crippen LogP contribution in [0, 0.1) is 11.8 Å². The van der Waals surface area contributed by atoms with E-state index in [4.69, 9.17) is 9.84 Å². The molecule has 1 N–H and O–H groups in total. The van der Waals surface area contributed by atoms with Crippen molar-refractivity contribution in [1.82, 2.24) is 4.90 Å². The number of thioether (sulfide) groups is 1. The number of ether oxygens (including phenoxy) is 1. The lowest BCUT2D eigenvalue weighted by atomic mass is 9.96. The molecule has 1 aliphatic rings. The molecule has 25 heavy (non-hydrogen) atoms. The summed E-state index contributed by atoms with van der Waals surface area (Å²) in [7, 11) is 1.53. The van der Waals surface area contributed by atoms with Crippen LogP contribution < -0.4 is 4.74 Å². The summed E-state index contributed by atoms with van der Waals surface area (Å²) in [5, 5.41) is 8.38. The van der Waals surface area contributed by atoms with E-state index in [-0.39, 0.29) is 0 Å². The SMILES string of the molecule is COc1ccc(SC(C)C(=O)N2C[C@@H](C(F)(F)F)[C@H](C(=O)O)C2)cc1. The average molecular weight is 377 g/mol. The number of amides is 1. The summed E-state index contributed by atoms with van der Waals surface area (Å²) >= 11 is 1.20. The third kappa shape index (κ3) is 4.59. The number of benzene rings is 1. The Kier molecular flexibility index (Phi) is 5.87. The van der Waals surface area contributed by atoms with Gasteiger partial charge < -0.3 is 14.7 Å². The van der Waals surface area contributed by atoms with E-state index in [1.54, 1.807) is 31.2 Å². The molecule has 3 atom stereocenters. The van der Waals surface area contributed by atoms with E-state index >= 15 is 0 Å². The highest BCUT2D eigenvalue weighted by molar-refractivity contribution is 8.00. The number of aliphatic carboxylic acids is 1. The number of methoxy groups -OCH3 is 1. The highest BCUT2D eigenvalue weighted by Gasteiger charge is 2.53. The first kappa shape index (κ1) is 19.4. The Hall–Kier alpha value is -1.90. The van der Waals surface area contributed by atoms with Crippen molar-refractivity contribution in [3.05, 3.63) is 24.3 Å². The van der Waals surface area contributed by atoms with Gasteiger partial charge in [-0.1, -0.05) is 0 Å². The number of halogens is 3. The van der Waals surface area contributed by atoms with Gasteiger partial charge >= 0.3 is 12.1 Å². The van der Waals surface area contributed by atoms with E-state index in [0.29, 0.717) is 5.75 Å². The predicted molar refractivity (Wildman–Crippen MR) is 85.6 cm³/mol. The first-order valence-corrected chi connectivity index (χ1v) is 8.40. The van der Waals surface area contributed by atoms with Crippen molar-refractivity contribution >= 4 is 23.6 Å². The zero-order chi connectivity index (χ0) is 18.8. The topological polar surface area (TPSA) is 66.8 Å². The standard InChI is InChI=1S/C16H18F3NO4S/c1-9(25-11-5-3-10(24-2)4-6-11)14(21)20-7-12(15(22)23)13(8-20)16(17,18)19/h3-6,9,12-13H,7-8H2,1-2H3,(H,22,23)/t9?,12-,13-/m1/s1. The summed E-state index contributed by atoms with van der Waals surface area (Å²) in [5.74, 6) is -5.04. The van der Waals surface area contributed by atoms with Crippen molar-refractivity contribution in [2.75, 3.05) is 20.2 Å². The molecule has 138 valence electrons. The van der Waals surface area contributed by atoms with Gasteiger partial charge in [-0.15, -0.1) is 11.8 Å². The van der Waals surface area contributed by atoms with Crippen LogP contribution in [0.2, 0.25) is 0 Å². The Balaban J connectivity index is 2.05. The minimum absolute atomic E-state index is 0.425. The summed E-state index contributed by atoms with van der Waals surface area (Å²) < 4.78 is 44.1. The molecule has 1 unspecified atom stereocenters. The van der Waals surface area contributed by atoms with E-state index in [0.717, 1.165) is 9.80 Å². The van der Waals surface area contributed by atoms with Crippen LogP contribution in [0.15, 0.2) is 29.2 Å². The third-order valence-electron chi connectivity index (χ3n) is 4.09. The molecular formula is C16H18F3NO4S. The first-order chi connectivity index (χ1) is 11.6. The zero-order valence-corrected chi connectivity index (χ0v) is 14.4. The summed E-state index contributed by atoms with van der Waals surface area (Å²) in [6.07, 6.45) is -4.65. The zero-order valence-electron chi connectivity index (χ0n) is 13.6. The molecule has 1 saturated heterocycles. The number of carbonyl (C=O) groups excluding carboxylic acids is 1. The van der Waals surface area contributed by atoms with Gasteiger partial charge in [0.15, 0.2) is 0 Å². The highest BCUT2D eigenvalue weighted by Crippen LogP contribution is 2.38. The van der Waals surface area contributed by atoms with Crippen molar-refractivity contribution in [2.24, 2.45) is 11.8 Å². The molecule has 1 aromatic carbocycles. The highest BCUT2D eigenvalue weighted by atomic mass is 32.2. The quantitative estimate of drug-likeness (QED) is 0.800. The fourth-order valence-corrected chi connectivity index (χ4v) is 3.68. The number of carboxylic acid groups (broad SMARTS) is 1. The summed E-state index contributed by atoms with van der Waals surface area (Å²) in [4.78, 5) is 25.3. The number of hydrogen-bond acceptors (Lipinski definition) is 4. The average Bonchev–Trinajstić information content (AvgIpc) is 3.00. The van der Waals surface area contributed by atoms with E-state index in [2.05, 4.69) is 0 Å². The first-order valence-electron chi connectivity index (χ1n) is 7.52. The number of rotatable bonds is 5. The molecule has 1 aliphatic heterocycles. The smallest absolute Gasteiger partial charge is 0.394 e. The lowest BCUT2D eigenvalue weighted by molar-refractivity contribution is -0.188. The normalized spacial score (nSPS) is 21.9. The fourth-order valence-electron chi connectivity index (χ4n) is 2.73. The van der Waals surface area contributed by atoms with E-state index in [1.807, 2.05) is 0 Å². The Morgan fingerprint density at radius 1 is 1.28 bits per heavy atom. The fraction of sp³-hybridized carbons (Fsp3) is 0.500. The number of likely N-dealkylation sites (tertiary alicyclic amines) is 1. The predicted octanol–water partition coefficient (Wildman–Crippen LogP) is 2.90. The number of hydrogen-bond donors (Lipinski definition) is 1. The van der Waals surface area contributed by atoms with Crippen molar-refractivity contribution in [3.63, 3.8) is 0 Å². The summed E-state index contributed by atoms with van der Waals surface area (Å²) in [6.45, 7) is 0.548. The molecule has 9 heteroatoms. The molecule has 5 nitrogen and oxygen atoms in total. The van der Waals surface area contributed by atoms with Crippen molar-refractivity contribution in [2.45, 2.75) is 23.2 Å². The molecule has 0 aromatic heterocycles. The van der Waals surface area contributed by atoms with Crippen LogP contribution in [-0.4, -0.2) is 53.5 Å². The molecule has 1 amide bonds. The summed E-state index contributed by atoms with van der Waals surface area (Å²) in [5.41, 5.74) is 0. The monoisotopic (exact) mass is 377 g/mol. The number of nitrogens with zero attached hydrogens (tertiary/aromatic N) is 1. The molecule has 1 aromatic rings. The molecule has 0 spiro atoms. The Labute approximate surface area is 147 Å². The van der Waals surface area contributed by atoms with Crippen LogP contribution in [0.1, 0.15) is 6.92 Å². The van der Waals surface area contributed by atoms with E-state index in [9.17, 15) is 22.8 Å². The Morgan fingerprint density at radius 3 is 2.32 bits per heavy atom. The number of carbonyl (C=O) groups is 2. The second-order valence-electron chi connectivity index (χ2n) is 5.77. The maximum Gasteiger partial charge on any atom is 0.394 e. The lowest BCUT2D eigenvalue weighted by Crippen LogP contribution is -2.36. The largest absolute Gasteiger partial charge is 0.497 e. The van der Waals surface area contributed by atoms with Crippen molar-refractivity contribution < 1.29 is 32.6 Å². The van der Waals surface area contributed by atoms with Gasteiger partial charge in [0.1, 0.15) is 5.75 Å². The van der Waals surface area contributed by atoms with Gasteiger partial charge in [0.05, 0.1) is 24.2 Å². The Morgan fingerprint density at radius 2 is 1.88 bits per heavy atom. The van der Waals surface area contributed by atoms with Gasteiger partial charge in [-0.2, -0.15) is 13.2 Å². The molecular weight excluding hydrogens is 359 g/mol. The summed E-state index contributed by atoms with van der Waals surface area (Å²) in [6, 6.07) is 6.93. The number of carboxylic acids is 1. The molecule has 0 saturated carbocycles. The van der Waals surface area contributed by atoms with Crippen LogP contribution in [0.3, 0.4) is 0 Å². The van der Waals surface area contributed by atoms with E-state index < -0.39 is 48.2 Å². The van der Waals surface area contributed by atoms with Crippen LogP contribution in [0.4, 0.5) is 13.2 Å². The molecule has 1 fully saturated rings. The minimum Gasteiger partial charge on any atom is -0.497 e. The van der Waals surface area contributed by atoms with Crippen LogP contribution in [0.5, 0.6) is 5.75 Å². The van der Waals surface area contributed by atoms with Gasteiger partial charge in [0, 0.05) is 18.0 Å². The lowest BCUT2D eigenvalue weighted by Gasteiger charge is -2.21. The van der Waals surface area contributed by atoms with Gasteiger partial charge in [-0.3, -0.25) is 9.59 Å². The van der Waals surface area contributed by atoms with Gasteiger partial charge in [0.25, 0.3) is 0 Å². The van der Waals surface area contributed by atoms with Crippen molar-refractivity contribution in [3.8, 4) is 5.75 Å². The maximum atomic E-state index is 13.0. The van der Waals surface area contributed by atoms with Crippen molar-refractivity contribution in [1.29, 1.82) is 0 Å².